The highest BCUT2D eigenvalue weighted by Gasteiger charge is 2.24. The van der Waals surface area contributed by atoms with Crippen LogP contribution < -0.4 is 5.32 Å². The molecule has 27 heavy (non-hydrogen) atoms. The Morgan fingerprint density at radius 2 is 2.04 bits per heavy atom. The van der Waals surface area contributed by atoms with E-state index in [0.29, 0.717) is 11.8 Å². The molecule has 1 aliphatic rings. The molecule has 1 saturated heterocycles. The zero-order chi connectivity index (χ0) is 18.8. The van der Waals surface area contributed by atoms with Crippen LogP contribution in [-0.4, -0.2) is 34.0 Å². The number of hydrogen-bond acceptors (Lipinski definition) is 2. The maximum absolute atomic E-state index is 12.8. The van der Waals surface area contributed by atoms with E-state index in [4.69, 9.17) is 0 Å². The number of rotatable bonds is 3. The van der Waals surface area contributed by atoms with Gasteiger partial charge >= 0.3 is 6.03 Å². The number of fused-ring (bicyclic) bond motifs is 1. The highest BCUT2D eigenvalue weighted by molar-refractivity contribution is 5.92. The molecule has 1 unspecified atom stereocenters. The minimum absolute atomic E-state index is 0.0291. The van der Waals surface area contributed by atoms with Gasteiger partial charge in [0, 0.05) is 30.6 Å². The first kappa shape index (κ1) is 17.6. The summed E-state index contributed by atoms with van der Waals surface area (Å²) in [6, 6.07) is 16.3. The summed E-state index contributed by atoms with van der Waals surface area (Å²) >= 11 is 0. The molecule has 5 nitrogen and oxygen atoms in total. The van der Waals surface area contributed by atoms with E-state index in [2.05, 4.69) is 53.4 Å². The first-order valence-corrected chi connectivity index (χ1v) is 9.70. The fourth-order valence-corrected chi connectivity index (χ4v) is 3.74. The van der Waals surface area contributed by atoms with Crippen LogP contribution in [0.5, 0.6) is 0 Å². The number of carbonyl (C=O) groups is 1. The molecule has 1 aromatic heterocycles. The number of nitrogens with one attached hydrogen (secondary N) is 2. The number of hydrogen-bond donors (Lipinski definition) is 2. The SMILES string of the molecule is CC(C)c1nc2ccc(NC(=O)N3CCCC(c4ccccc4)C3)cc2[nH]1. The average molecular weight is 362 g/mol. The van der Waals surface area contributed by atoms with E-state index in [1.807, 2.05) is 29.2 Å². The van der Waals surface area contributed by atoms with Crippen molar-refractivity contribution in [2.24, 2.45) is 0 Å². The van der Waals surface area contributed by atoms with Crippen molar-refractivity contribution in [2.75, 3.05) is 18.4 Å². The van der Waals surface area contributed by atoms with Gasteiger partial charge < -0.3 is 15.2 Å². The van der Waals surface area contributed by atoms with Crippen LogP contribution in [0, 0.1) is 0 Å². The fraction of sp³-hybridized carbons (Fsp3) is 0.364. The molecule has 2 heterocycles. The number of nitrogens with zero attached hydrogens (tertiary/aromatic N) is 2. The number of aromatic amines is 1. The number of H-pyrrole nitrogens is 1. The van der Waals surface area contributed by atoms with Crippen LogP contribution in [0.3, 0.4) is 0 Å². The van der Waals surface area contributed by atoms with Crippen molar-refractivity contribution in [3.63, 3.8) is 0 Å². The van der Waals surface area contributed by atoms with Crippen molar-refractivity contribution >= 4 is 22.8 Å². The molecule has 3 aromatic rings. The number of aromatic nitrogens is 2. The fourth-order valence-electron chi connectivity index (χ4n) is 3.74. The van der Waals surface area contributed by atoms with E-state index in [1.54, 1.807) is 0 Å². The summed E-state index contributed by atoms with van der Waals surface area (Å²) in [5.41, 5.74) is 4.00. The zero-order valence-electron chi connectivity index (χ0n) is 15.9. The molecule has 0 saturated carbocycles. The van der Waals surface area contributed by atoms with Crippen molar-refractivity contribution in [1.29, 1.82) is 0 Å². The monoisotopic (exact) mass is 362 g/mol. The molecule has 2 N–H and O–H groups in total. The normalized spacial score (nSPS) is 17.4. The van der Waals surface area contributed by atoms with Crippen LogP contribution in [-0.2, 0) is 0 Å². The summed E-state index contributed by atoms with van der Waals surface area (Å²) in [4.78, 5) is 22.6. The lowest BCUT2D eigenvalue weighted by atomic mass is 9.91. The van der Waals surface area contributed by atoms with Crippen LogP contribution in [0.15, 0.2) is 48.5 Å². The molecular formula is C22H26N4O. The van der Waals surface area contributed by atoms with Gasteiger partial charge in [-0.3, -0.25) is 0 Å². The first-order chi connectivity index (χ1) is 13.1. The third-order valence-corrected chi connectivity index (χ3v) is 5.28. The maximum atomic E-state index is 12.8. The minimum Gasteiger partial charge on any atom is -0.342 e. The maximum Gasteiger partial charge on any atom is 0.321 e. The molecule has 2 aromatic carbocycles. The molecule has 140 valence electrons. The molecule has 0 spiro atoms. The lowest BCUT2D eigenvalue weighted by Gasteiger charge is -2.33. The van der Waals surface area contributed by atoms with Crippen molar-refractivity contribution in [2.45, 2.75) is 38.5 Å². The smallest absolute Gasteiger partial charge is 0.321 e. The number of likely N-dealkylation sites (tertiary alicyclic amines) is 1. The van der Waals surface area contributed by atoms with Crippen molar-refractivity contribution in [1.82, 2.24) is 14.9 Å². The minimum atomic E-state index is -0.0291. The largest absolute Gasteiger partial charge is 0.342 e. The number of urea groups is 1. The molecule has 0 radical (unpaired) electrons. The quantitative estimate of drug-likeness (QED) is 0.681. The van der Waals surface area contributed by atoms with E-state index in [1.165, 1.54) is 5.56 Å². The van der Waals surface area contributed by atoms with E-state index in [9.17, 15) is 4.79 Å². The van der Waals surface area contributed by atoms with Gasteiger partial charge in [-0.2, -0.15) is 0 Å². The Bertz CT molecular complexity index is 932. The molecule has 0 aliphatic carbocycles. The molecular weight excluding hydrogens is 336 g/mol. The van der Waals surface area contributed by atoms with E-state index < -0.39 is 0 Å². The van der Waals surface area contributed by atoms with Gasteiger partial charge in [0.15, 0.2) is 0 Å². The van der Waals surface area contributed by atoms with Crippen molar-refractivity contribution < 1.29 is 4.79 Å². The second-order valence-corrected chi connectivity index (χ2v) is 7.63. The Morgan fingerprint density at radius 1 is 1.22 bits per heavy atom. The van der Waals surface area contributed by atoms with Crippen LogP contribution in [0.2, 0.25) is 0 Å². The molecule has 1 aliphatic heterocycles. The second kappa shape index (κ2) is 7.43. The van der Waals surface area contributed by atoms with E-state index in [-0.39, 0.29) is 6.03 Å². The lowest BCUT2D eigenvalue weighted by Crippen LogP contribution is -2.41. The number of benzene rings is 2. The van der Waals surface area contributed by atoms with Crippen molar-refractivity contribution in [3.8, 4) is 0 Å². The summed E-state index contributed by atoms with van der Waals surface area (Å²) < 4.78 is 0. The van der Waals surface area contributed by atoms with Crippen LogP contribution in [0.1, 0.15) is 49.9 Å². The zero-order valence-corrected chi connectivity index (χ0v) is 15.9. The average Bonchev–Trinajstić information content (AvgIpc) is 3.12. The predicted molar refractivity (Wildman–Crippen MR) is 109 cm³/mol. The Labute approximate surface area is 159 Å². The van der Waals surface area contributed by atoms with Gasteiger partial charge in [0.1, 0.15) is 5.82 Å². The Morgan fingerprint density at radius 3 is 2.81 bits per heavy atom. The highest BCUT2D eigenvalue weighted by Crippen LogP contribution is 2.27. The number of amides is 2. The van der Waals surface area contributed by atoms with Gasteiger partial charge in [0.25, 0.3) is 0 Å². The van der Waals surface area contributed by atoms with Gasteiger partial charge in [-0.05, 0) is 36.6 Å². The standard InChI is InChI=1S/C22H26N4O/c1-15(2)21-24-19-11-10-18(13-20(19)25-21)23-22(27)26-12-6-9-17(14-26)16-7-4-3-5-8-16/h3-5,7-8,10-11,13,15,17H,6,9,12,14H2,1-2H3,(H,23,27)(H,24,25). The molecule has 4 rings (SSSR count). The van der Waals surface area contributed by atoms with Crippen LogP contribution >= 0.6 is 0 Å². The highest BCUT2D eigenvalue weighted by atomic mass is 16.2. The number of anilines is 1. The number of piperidine rings is 1. The molecule has 2 amide bonds. The Hall–Kier alpha value is -2.82. The van der Waals surface area contributed by atoms with E-state index in [0.717, 1.165) is 48.5 Å². The van der Waals surface area contributed by atoms with Gasteiger partial charge in [-0.25, -0.2) is 9.78 Å². The molecule has 1 fully saturated rings. The van der Waals surface area contributed by atoms with E-state index >= 15 is 0 Å². The summed E-state index contributed by atoms with van der Waals surface area (Å²) in [5, 5.41) is 3.05. The summed E-state index contributed by atoms with van der Waals surface area (Å²) in [5.74, 6) is 1.73. The third-order valence-electron chi connectivity index (χ3n) is 5.28. The van der Waals surface area contributed by atoms with Gasteiger partial charge in [0.2, 0.25) is 0 Å². The first-order valence-electron chi connectivity index (χ1n) is 9.70. The Balaban J connectivity index is 1.46. The molecule has 5 heteroatoms. The van der Waals surface area contributed by atoms with Crippen molar-refractivity contribution in [3.05, 3.63) is 59.9 Å². The second-order valence-electron chi connectivity index (χ2n) is 7.63. The number of imidazole rings is 1. The Kier molecular flexibility index (Phi) is 4.84. The molecule has 0 bridgehead atoms. The van der Waals surface area contributed by atoms with Gasteiger partial charge in [-0.1, -0.05) is 44.2 Å². The molecule has 1 atom stereocenters. The van der Waals surface area contributed by atoms with Gasteiger partial charge in [-0.15, -0.1) is 0 Å². The summed E-state index contributed by atoms with van der Waals surface area (Å²) in [6.07, 6.45) is 2.16. The van der Waals surface area contributed by atoms with Crippen LogP contribution in [0.4, 0.5) is 10.5 Å². The third kappa shape index (κ3) is 3.82. The topological polar surface area (TPSA) is 61.0 Å². The van der Waals surface area contributed by atoms with Gasteiger partial charge in [0.05, 0.1) is 11.0 Å². The lowest BCUT2D eigenvalue weighted by molar-refractivity contribution is 0.193. The summed E-state index contributed by atoms with van der Waals surface area (Å²) in [6.45, 7) is 5.79. The van der Waals surface area contributed by atoms with Crippen LogP contribution in [0.25, 0.3) is 11.0 Å². The predicted octanol–water partition coefficient (Wildman–Crippen LogP) is 5.10. The summed E-state index contributed by atoms with van der Waals surface area (Å²) in [7, 11) is 0. The number of carbonyl (C=O) groups excluding carboxylic acids is 1.